The molecule has 0 aliphatic carbocycles. The number of hydrogen-bond donors (Lipinski definition) is 2. The lowest BCUT2D eigenvalue weighted by atomic mass is 9.98. The molecule has 0 spiro atoms. The molecule has 0 aliphatic heterocycles. The van der Waals surface area contributed by atoms with E-state index in [1.807, 2.05) is 13.8 Å². The molecule has 0 saturated heterocycles. The molecule has 0 radical (unpaired) electrons. The molecule has 1 aromatic heterocycles. The largest absolute Gasteiger partial charge is 0.388 e. The van der Waals surface area contributed by atoms with Crippen LogP contribution in [0.5, 0.6) is 0 Å². The normalized spacial score (nSPS) is 11.4. The summed E-state index contributed by atoms with van der Waals surface area (Å²) in [4.78, 5) is 14.3. The number of hydrogen-bond acceptors (Lipinski definition) is 5. The molecule has 0 amide bonds. The summed E-state index contributed by atoms with van der Waals surface area (Å²) in [6.45, 7) is 5.83. The van der Waals surface area contributed by atoms with Crippen molar-refractivity contribution < 1.29 is 10.0 Å². The van der Waals surface area contributed by atoms with Crippen LogP contribution in [0.4, 0.5) is 11.5 Å². The predicted octanol–water partition coefficient (Wildman–Crippen LogP) is 3.02. The molecule has 7 heteroatoms. The van der Waals surface area contributed by atoms with Gasteiger partial charge in [-0.15, -0.1) is 0 Å². The number of rotatable bonds is 6. The minimum absolute atomic E-state index is 0.0290. The zero-order valence-corrected chi connectivity index (χ0v) is 12.8. The van der Waals surface area contributed by atoms with Crippen LogP contribution < -0.4 is 5.32 Å². The van der Waals surface area contributed by atoms with Gasteiger partial charge in [-0.1, -0.05) is 13.8 Å². The first-order valence-electron chi connectivity index (χ1n) is 6.10. The van der Waals surface area contributed by atoms with Crippen molar-refractivity contribution in [2.24, 2.45) is 0 Å². The Morgan fingerprint density at radius 1 is 1.53 bits per heavy atom. The number of nitro groups is 1. The van der Waals surface area contributed by atoms with Gasteiger partial charge in [-0.25, -0.2) is 4.98 Å². The molecule has 0 saturated carbocycles. The van der Waals surface area contributed by atoms with E-state index in [2.05, 4.69) is 26.2 Å². The molecular weight excluding hydrogens is 314 g/mol. The number of nitrogens with zero attached hydrogens (tertiary/aromatic N) is 2. The summed E-state index contributed by atoms with van der Waals surface area (Å²) in [7, 11) is 0. The van der Waals surface area contributed by atoms with E-state index in [1.165, 1.54) is 6.20 Å². The number of nitrogens with one attached hydrogen (secondary N) is 1. The van der Waals surface area contributed by atoms with E-state index in [9.17, 15) is 15.2 Å². The van der Waals surface area contributed by atoms with Gasteiger partial charge in [-0.3, -0.25) is 10.1 Å². The maximum absolute atomic E-state index is 10.8. The number of anilines is 1. The summed E-state index contributed by atoms with van der Waals surface area (Å²) in [5.74, 6) is 0.503. The van der Waals surface area contributed by atoms with Crippen LogP contribution in [0.3, 0.4) is 0 Å². The zero-order chi connectivity index (χ0) is 14.6. The minimum Gasteiger partial charge on any atom is -0.388 e. The van der Waals surface area contributed by atoms with Gasteiger partial charge in [0.1, 0.15) is 12.0 Å². The highest BCUT2D eigenvalue weighted by Gasteiger charge is 2.23. The predicted molar refractivity (Wildman–Crippen MR) is 77.3 cm³/mol. The smallest absolute Gasteiger partial charge is 0.291 e. The molecule has 2 N–H and O–H groups in total. The number of aliphatic hydroxyl groups is 1. The standard InChI is InChI=1S/C12H18BrN3O3/c1-4-12(17,5-2)7-15-11-10(13)8(3)9(6-14-11)16(18)19/h6,17H,4-5,7H2,1-3H3,(H,14,15). The summed E-state index contributed by atoms with van der Waals surface area (Å²) in [5, 5.41) is 24.0. The van der Waals surface area contributed by atoms with Crippen LogP contribution in [0.1, 0.15) is 32.3 Å². The van der Waals surface area contributed by atoms with Crippen LogP contribution in [0.15, 0.2) is 10.7 Å². The summed E-state index contributed by atoms with van der Waals surface area (Å²) in [6, 6.07) is 0. The Balaban J connectivity index is 2.92. The third-order valence-electron chi connectivity index (χ3n) is 3.34. The quantitative estimate of drug-likeness (QED) is 0.617. The zero-order valence-electron chi connectivity index (χ0n) is 11.2. The van der Waals surface area contributed by atoms with E-state index in [1.54, 1.807) is 6.92 Å². The highest BCUT2D eigenvalue weighted by Crippen LogP contribution is 2.31. The minimum atomic E-state index is -0.795. The van der Waals surface area contributed by atoms with E-state index in [0.717, 1.165) is 0 Å². The summed E-state index contributed by atoms with van der Waals surface area (Å²) in [6.07, 6.45) is 2.47. The van der Waals surface area contributed by atoms with Crippen LogP contribution >= 0.6 is 15.9 Å². The lowest BCUT2D eigenvalue weighted by Gasteiger charge is -2.26. The van der Waals surface area contributed by atoms with Gasteiger partial charge in [-0.2, -0.15) is 0 Å². The first-order chi connectivity index (χ1) is 8.84. The van der Waals surface area contributed by atoms with Crippen LogP contribution in [-0.2, 0) is 0 Å². The molecular formula is C12H18BrN3O3. The first-order valence-corrected chi connectivity index (χ1v) is 6.89. The van der Waals surface area contributed by atoms with Gasteiger partial charge in [0.25, 0.3) is 5.69 Å². The lowest BCUT2D eigenvalue weighted by Crippen LogP contribution is -2.35. The van der Waals surface area contributed by atoms with E-state index < -0.39 is 10.5 Å². The Morgan fingerprint density at radius 2 is 2.11 bits per heavy atom. The maximum atomic E-state index is 10.8. The maximum Gasteiger partial charge on any atom is 0.291 e. The first kappa shape index (κ1) is 15.8. The van der Waals surface area contributed by atoms with Crippen molar-refractivity contribution >= 4 is 27.4 Å². The van der Waals surface area contributed by atoms with Crippen molar-refractivity contribution in [1.29, 1.82) is 0 Å². The molecule has 0 fully saturated rings. The molecule has 0 unspecified atom stereocenters. The van der Waals surface area contributed by atoms with E-state index >= 15 is 0 Å². The van der Waals surface area contributed by atoms with Crippen molar-refractivity contribution in [2.75, 3.05) is 11.9 Å². The van der Waals surface area contributed by atoms with Gasteiger partial charge in [0, 0.05) is 12.1 Å². The van der Waals surface area contributed by atoms with Crippen molar-refractivity contribution in [3.63, 3.8) is 0 Å². The third kappa shape index (κ3) is 3.63. The fraction of sp³-hybridized carbons (Fsp3) is 0.583. The second kappa shape index (κ2) is 6.29. The van der Waals surface area contributed by atoms with Crippen LogP contribution in [0.25, 0.3) is 0 Å². The molecule has 19 heavy (non-hydrogen) atoms. The molecule has 0 aromatic carbocycles. The number of halogens is 1. The fourth-order valence-corrected chi connectivity index (χ4v) is 2.07. The van der Waals surface area contributed by atoms with Gasteiger partial charge in [0.05, 0.1) is 15.0 Å². The number of aromatic nitrogens is 1. The molecule has 1 rings (SSSR count). The van der Waals surface area contributed by atoms with Crippen molar-refractivity contribution in [3.8, 4) is 0 Å². The van der Waals surface area contributed by atoms with Gasteiger partial charge in [0.15, 0.2) is 0 Å². The molecule has 1 heterocycles. The van der Waals surface area contributed by atoms with E-state index in [0.29, 0.717) is 35.2 Å². The molecule has 0 aliphatic rings. The van der Waals surface area contributed by atoms with E-state index in [-0.39, 0.29) is 5.69 Å². The summed E-state index contributed by atoms with van der Waals surface area (Å²) < 4.78 is 0.552. The second-order valence-electron chi connectivity index (χ2n) is 4.47. The van der Waals surface area contributed by atoms with Crippen molar-refractivity contribution in [1.82, 2.24) is 4.98 Å². The monoisotopic (exact) mass is 331 g/mol. The van der Waals surface area contributed by atoms with E-state index in [4.69, 9.17) is 0 Å². The van der Waals surface area contributed by atoms with Crippen molar-refractivity contribution in [3.05, 3.63) is 26.3 Å². The van der Waals surface area contributed by atoms with Crippen molar-refractivity contribution in [2.45, 2.75) is 39.2 Å². The second-order valence-corrected chi connectivity index (χ2v) is 5.27. The number of pyridine rings is 1. The average molecular weight is 332 g/mol. The Bertz CT molecular complexity index is 476. The molecule has 0 bridgehead atoms. The lowest BCUT2D eigenvalue weighted by molar-refractivity contribution is -0.385. The van der Waals surface area contributed by atoms with Crippen LogP contribution in [0.2, 0.25) is 0 Å². The van der Waals surface area contributed by atoms with Gasteiger partial charge in [0.2, 0.25) is 0 Å². The van der Waals surface area contributed by atoms with Gasteiger partial charge < -0.3 is 10.4 Å². The molecule has 1 aromatic rings. The highest BCUT2D eigenvalue weighted by molar-refractivity contribution is 9.10. The topological polar surface area (TPSA) is 88.3 Å². The summed E-state index contributed by atoms with van der Waals surface area (Å²) in [5.41, 5.74) is -0.311. The Morgan fingerprint density at radius 3 is 2.58 bits per heavy atom. The highest BCUT2D eigenvalue weighted by atomic mass is 79.9. The summed E-state index contributed by atoms with van der Waals surface area (Å²) >= 11 is 3.30. The average Bonchev–Trinajstić information content (AvgIpc) is 2.39. The van der Waals surface area contributed by atoms with Crippen LogP contribution in [0, 0.1) is 17.0 Å². The van der Waals surface area contributed by atoms with Gasteiger partial charge >= 0.3 is 0 Å². The Kier molecular flexibility index (Phi) is 5.25. The molecule has 106 valence electrons. The molecule has 0 atom stereocenters. The molecule has 6 nitrogen and oxygen atoms in total. The fourth-order valence-electron chi connectivity index (χ4n) is 1.62. The SMILES string of the molecule is CCC(O)(CC)CNc1ncc([N+](=O)[O-])c(C)c1Br. The van der Waals surface area contributed by atoms with Gasteiger partial charge in [-0.05, 0) is 35.7 Å². The third-order valence-corrected chi connectivity index (χ3v) is 4.31. The Hall–Kier alpha value is -1.21. The van der Waals surface area contributed by atoms with Crippen LogP contribution in [-0.4, -0.2) is 27.2 Å². The Labute approximate surface area is 120 Å².